The third-order valence-electron chi connectivity index (χ3n) is 6.01. The van der Waals surface area contributed by atoms with Gasteiger partial charge in [0.1, 0.15) is 11.6 Å². The first kappa shape index (κ1) is 20.0. The minimum absolute atomic E-state index is 0.202. The second-order valence-corrected chi connectivity index (χ2v) is 8.47. The first-order chi connectivity index (χ1) is 13.8. The monoisotopic (exact) mass is 417 g/mol. The predicted molar refractivity (Wildman–Crippen MR) is 114 cm³/mol. The van der Waals surface area contributed by atoms with Gasteiger partial charge in [-0.1, -0.05) is 12.1 Å². The fourth-order valence-electron chi connectivity index (χ4n) is 4.37. The fraction of sp³-hybridized carbons (Fsp3) is 0.409. The number of rotatable bonds is 2. The zero-order valence-electron chi connectivity index (χ0n) is 16.4. The Morgan fingerprint density at radius 3 is 2.52 bits per heavy atom. The van der Waals surface area contributed by atoms with Gasteiger partial charge in [0.25, 0.3) is 0 Å². The van der Waals surface area contributed by atoms with Gasteiger partial charge in [-0.25, -0.2) is 8.78 Å². The highest BCUT2D eigenvalue weighted by Crippen LogP contribution is 2.42. The van der Waals surface area contributed by atoms with Crippen LogP contribution >= 0.6 is 12.2 Å². The SMILES string of the molecule is CN(Cc1ccc(F)cc1)C(=S)N1CCC2(CC1)CC(O)c1cc(F)ccc1N2. The van der Waals surface area contributed by atoms with Gasteiger partial charge in [-0.15, -0.1) is 0 Å². The van der Waals surface area contributed by atoms with Gasteiger partial charge in [0.05, 0.1) is 6.10 Å². The summed E-state index contributed by atoms with van der Waals surface area (Å²) in [4.78, 5) is 4.18. The summed E-state index contributed by atoms with van der Waals surface area (Å²) >= 11 is 5.68. The predicted octanol–water partition coefficient (Wildman–Crippen LogP) is 4.07. The number of nitrogens with zero attached hydrogens (tertiary/aromatic N) is 2. The van der Waals surface area contributed by atoms with Crippen molar-refractivity contribution in [2.45, 2.75) is 37.5 Å². The van der Waals surface area contributed by atoms with Crippen LogP contribution in [0.4, 0.5) is 14.5 Å². The maximum absolute atomic E-state index is 13.5. The summed E-state index contributed by atoms with van der Waals surface area (Å²) in [6.45, 7) is 2.18. The van der Waals surface area contributed by atoms with E-state index in [-0.39, 0.29) is 17.2 Å². The topological polar surface area (TPSA) is 38.7 Å². The summed E-state index contributed by atoms with van der Waals surface area (Å²) in [5.74, 6) is -0.573. The molecule has 1 unspecified atom stereocenters. The van der Waals surface area contributed by atoms with Crippen molar-refractivity contribution in [1.29, 1.82) is 0 Å². The van der Waals surface area contributed by atoms with Crippen molar-refractivity contribution in [2.75, 3.05) is 25.5 Å². The molecule has 1 spiro atoms. The maximum Gasteiger partial charge on any atom is 0.171 e. The van der Waals surface area contributed by atoms with Crippen LogP contribution in [0, 0.1) is 11.6 Å². The summed E-state index contributed by atoms with van der Waals surface area (Å²) in [5.41, 5.74) is 2.25. The number of likely N-dealkylation sites (tertiary alicyclic amines) is 1. The number of benzene rings is 2. The molecule has 1 atom stereocenters. The molecule has 0 aromatic heterocycles. The van der Waals surface area contributed by atoms with E-state index in [2.05, 4.69) is 10.2 Å². The first-order valence-corrected chi connectivity index (χ1v) is 10.3. The van der Waals surface area contributed by atoms with Crippen LogP contribution in [0.3, 0.4) is 0 Å². The average Bonchev–Trinajstić information content (AvgIpc) is 2.70. The molecular weight excluding hydrogens is 392 g/mol. The standard InChI is InChI=1S/C22H25F2N3OS/c1-26(14-15-2-4-16(23)5-3-15)21(29)27-10-8-22(9-11-27)13-20(28)18-12-17(24)6-7-19(18)25-22/h2-7,12,20,25,28H,8-11,13-14H2,1H3. The molecular formula is C22H25F2N3OS. The molecule has 4 nitrogen and oxygen atoms in total. The lowest BCUT2D eigenvalue weighted by atomic mass is 9.77. The molecule has 2 aliphatic rings. The van der Waals surface area contributed by atoms with Crippen molar-refractivity contribution in [3.63, 3.8) is 0 Å². The smallest absolute Gasteiger partial charge is 0.171 e. The highest BCUT2D eigenvalue weighted by atomic mass is 32.1. The molecule has 29 heavy (non-hydrogen) atoms. The Balaban J connectivity index is 1.38. The molecule has 0 radical (unpaired) electrons. The zero-order chi connectivity index (χ0) is 20.6. The Kier molecular flexibility index (Phi) is 5.44. The number of hydrogen-bond donors (Lipinski definition) is 2. The average molecular weight is 418 g/mol. The summed E-state index contributed by atoms with van der Waals surface area (Å²) in [6.07, 6.45) is 1.58. The number of aliphatic hydroxyl groups is 1. The first-order valence-electron chi connectivity index (χ1n) is 9.85. The van der Waals surface area contributed by atoms with Crippen LogP contribution in [0.5, 0.6) is 0 Å². The Bertz CT molecular complexity index is 897. The molecule has 2 N–H and O–H groups in total. The maximum atomic E-state index is 13.5. The van der Waals surface area contributed by atoms with E-state index < -0.39 is 6.10 Å². The number of aliphatic hydroxyl groups excluding tert-OH is 1. The Hall–Kier alpha value is -2.25. The molecule has 0 saturated carbocycles. The second kappa shape index (κ2) is 7.88. The zero-order valence-corrected chi connectivity index (χ0v) is 17.2. The number of nitrogens with one attached hydrogen (secondary N) is 1. The van der Waals surface area contributed by atoms with Crippen molar-refractivity contribution < 1.29 is 13.9 Å². The van der Waals surface area contributed by atoms with Crippen LogP contribution in [0.2, 0.25) is 0 Å². The molecule has 1 saturated heterocycles. The number of hydrogen-bond acceptors (Lipinski definition) is 3. The Morgan fingerprint density at radius 1 is 1.17 bits per heavy atom. The van der Waals surface area contributed by atoms with Crippen LogP contribution < -0.4 is 5.32 Å². The van der Waals surface area contributed by atoms with Gasteiger partial charge in [-0.3, -0.25) is 0 Å². The minimum Gasteiger partial charge on any atom is -0.388 e. The van der Waals surface area contributed by atoms with Gasteiger partial charge in [-0.05, 0) is 61.0 Å². The lowest BCUT2D eigenvalue weighted by molar-refractivity contribution is 0.106. The molecule has 2 aromatic carbocycles. The molecule has 2 aliphatic heterocycles. The van der Waals surface area contributed by atoms with Gasteiger partial charge in [0.2, 0.25) is 0 Å². The van der Waals surface area contributed by atoms with Crippen LogP contribution in [0.25, 0.3) is 0 Å². The highest BCUT2D eigenvalue weighted by molar-refractivity contribution is 7.80. The quantitative estimate of drug-likeness (QED) is 0.721. The molecule has 154 valence electrons. The van der Waals surface area contributed by atoms with Gasteiger partial charge in [0, 0.05) is 49.9 Å². The lowest BCUT2D eigenvalue weighted by Gasteiger charge is -2.48. The van der Waals surface area contributed by atoms with E-state index >= 15 is 0 Å². The third-order valence-corrected chi connectivity index (χ3v) is 6.58. The third kappa shape index (κ3) is 4.21. The van der Waals surface area contributed by atoms with Crippen molar-refractivity contribution in [2.24, 2.45) is 0 Å². The van der Waals surface area contributed by atoms with Crippen LogP contribution in [-0.4, -0.2) is 45.7 Å². The van der Waals surface area contributed by atoms with Crippen molar-refractivity contribution in [1.82, 2.24) is 9.80 Å². The fourth-order valence-corrected chi connectivity index (χ4v) is 4.61. The van der Waals surface area contributed by atoms with Gasteiger partial charge >= 0.3 is 0 Å². The van der Waals surface area contributed by atoms with Crippen LogP contribution in [0.15, 0.2) is 42.5 Å². The Morgan fingerprint density at radius 2 is 1.83 bits per heavy atom. The van der Waals surface area contributed by atoms with E-state index in [0.29, 0.717) is 18.5 Å². The number of thiocarbonyl (C=S) groups is 1. The van der Waals surface area contributed by atoms with Crippen LogP contribution in [0.1, 0.15) is 36.5 Å². The van der Waals surface area contributed by atoms with Gasteiger partial charge in [0.15, 0.2) is 5.11 Å². The van der Waals surface area contributed by atoms with E-state index in [1.54, 1.807) is 18.2 Å². The second-order valence-electron chi connectivity index (χ2n) is 8.11. The molecule has 0 bridgehead atoms. The number of piperidine rings is 1. The molecule has 0 amide bonds. The lowest BCUT2D eigenvalue weighted by Crippen LogP contribution is -2.54. The number of anilines is 1. The van der Waals surface area contributed by atoms with E-state index in [0.717, 1.165) is 42.3 Å². The van der Waals surface area contributed by atoms with Crippen molar-refractivity contribution in [3.05, 3.63) is 65.2 Å². The Labute approximate surface area is 175 Å². The van der Waals surface area contributed by atoms with E-state index in [1.807, 2.05) is 11.9 Å². The highest BCUT2D eigenvalue weighted by Gasteiger charge is 2.41. The number of halogens is 2. The van der Waals surface area contributed by atoms with Crippen LogP contribution in [-0.2, 0) is 6.54 Å². The van der Waals surface area contributed by atoms with E-state index in [1.165, 1.54) is 24.3 Å². The van der Waals surface area contributed by atoms with Crippen molar-refractivity contribution >= 4 is 23.0 Å². The van der Waals surface area contributed by atoms with Gasteiger partial charge in [-0.2, -0.15) is 0 Å². The minimum atomic E-state index is -0.665. The number of fused-ring (bicyclic) bond motifs is 1. The van der Waals surface area contributed by atoms with E-state index in [4.69, 9.17) is 12.2 Å². The molecule has 7 heteroatoms. The largest absolute Gasteiger partial charge is 0.388 e. The molecule has 4 rings (SSSR count). The molecule has 2 heterocycles. The molecule has 1 fully saturated rings. The summed E-state index contributed by atoms with van der Waals surface area (Å²) in [7, 11) is 1.95. The molecule has 0 aliphatic carbocycles. The summed E-state index contributed by atoms with van der Waals surface area (Å²) in [6, 6.07) is 11.0. The van der Waals surface area contributed by atoms with E-state index in [9.17, 15) is 13.9 Å². The summed E-state index contributed by atoms with van der Waals surface area (Å²) < 4.78 is 26.6. The van der Waals surface area contributed by atoms with Crippen molar-refractivity contribution in [3.8, 4) is 0 Å². The normalized spacial score (nSPS) is 20.1. The molecule has 2 aromatic rings. The van der Waals surface area contributed by atoms with Gasteiger partial charge < -0.3 is 20.2 Å². The summed E-state index contributed by atoms with van der Waals surface area (Å²) in [5, 5.41) is 14.9.